The maximum absolute atomic E-state index is 5.37. The lowest BCUT2D eigenvalue weighted by molar-refractivity contribution is 0.130. The van der Waals surface area contributed by atoms with Gasteiger partial charge < -0.3 is 15.0 Å². The molecule has 0 bridgehead atoms. The summed E-state index contributed by atoms with van der Waals surface area (Å²) >= 11 is 0. The number of hydrogen-bond donors (Lipinski definition) is 1. The first-order valence-electron chi connectivity index (χ1n) is 7.21. The van der Waals surface area contributed by atoms with Gasteiger partial charge >= 0.3 is 0 Å². The second-order valence-corrected chi connectivity index (χ2v) is 5.64. The van der Waals surface area contributed by atoms with Crippen molar-refractivity contribution in [3.63, 3.8) is 0 Å². The van der Waals surface area contributed by atoms with E-state index in [1.807, 2.05) is 0 Å². The van der Waals surface area contributed by atoms with Gasteiger partial charge in [-0.15, -0.1) is 0 Å². The maximum atomic E-state index is 5.37. The van der Waals surface area contributed by atoms with Crippen LogP contribution in [-0.2, 0) is 4.74 Å². The van der Waals surface area contributed by atoms with Crippen LogP contribution < -0.4 is 5.32 Å². The summed E-state index contributed by atoms with van der Waals surface area (Å²) in [6, 6.07) is 12.1. The molecule has 0 aliphatic carbocycles. The number of likely N-dealkylation sites (tertiary alicyclic amines) is 1. The van der Waals surface area contributed by atoms with Crippen molar-refractivity contribution in [1.82, 2.24) is 10.2 Å². The average molecular weight is 262 g/mol. The Hall–Kier alpha value is -0.900. The van der Waals surface area contributed by atoms with Crippen molar-refractivity contribution in [2.24, 2.45) is 0 Å². The Kier molecular flexibility index (Phi) is 5.37. The Bertz CT molecular complexity index is 368. The predicted octanol–water partition coefficient (Wildman–Crippen LogP) is 2.45. The second kappa shape index (κ2) is 7.04. The predicted molar refractivity (Wildman–Crippen MR) is 79.3 cm³/mol. The van der Waals surface area contributed by atoms with E-state index in [4.69, 9.17) is 4.74 Å². The molecule has 0 saturated carbocycles. The van der Waals surface area contributed by atoms with Gasteiger partial charge in [0.05, 0.1) is 12.6 Å². The number of ether oxygens (including phenoxy) is 1. The monoisotopic (exact) mass is 262 g/mol. The first-order valence-corrected chi connectivity index (χ1v) is 7.21. The fourth-order valence-corrected chi connectivity index (χ4v) is 2.82. The van der Waals surface area contributed by atoms with Crippen molar-refractivity contribution < 1.29 is 4.74 Å². The fraction of sp³-hybridized carbons (Fsp3) is 0.625. The zero-order chi connectivity index (χ0) is 13.7. The summed E-state index contributed by atoms with van der Waals surface area (Å²) in [5.41, 5.74) is 1.32. The third-order valence-corrected chi connectivity index (χ3v) is 4.18. The van der Waals surface area contributed by atoms with Crippen LogP contribution in [0.5, 0.6) is 0 Å². The normalized spacial score (nSPS) is 26.3. The van der Waals surface area contributed by atoms with Crippen molar-refractivity contribution in [3.05, 3.63) is 35.9 Å². The molecule has 3 unspecified atom stereocenters. The fourth-order valence-electron chi connectivity index (χ4n) is 2.82. The van der Waals surface area contributed by atoms with Gasteiger partial charge in [0.25, 0.3) is 0 Å². The number of nitrogens with zero attached hydrogens (tertiary/aromatic N) is 1. The summed E-state index contributed by atoms with van der Waals surface area (Å²) in [5, 5.41) is 3.77. The smallest absolute Gasteiger partial charge is 0.0657 e. The molecule has 1 aromatic rings. The highest BCUT2D eigenvalue weighted by Gasteiger charge is 2.25. The van der Waals surface area contributed by atoms with E-state index >= 15 is 0 Å². The number of methoxy groups -OCH3 is 1. The van der Waals surface area contributed by atoms with E-state index < -0.39 is 0 Å². The number of hydrogen-bond acceptors (Lipinski definition) is 3. The molecule has 3 atom stereocenters. The van der Waals surface area contributed by atoms with Gasteiger partial charge in [0, 0.05) is 19.2 Å². The average Bonchev–Trinajstić information content (AvgIpc) is 2.43. The molecular formula is C16H26N2O. The molecule has 3 heteroatoms. The Morgan fingerprint density at radius 3 is 2.74 bits per heavy atom. The van der Waals surface area contributed by atoms with Gasteiger partial charge in [-0.25, -0.2) is 0 Å². The molecular weight excluding hydrogens is 236 g/mol. The SMILES string of the molecule is COCC(NC1CCN(C)C(C)C1)c1ccccc1. The molecule has 19 heavy (non-hydrogen) atoms. The third kappa shape index (κ3) is 4.03. The Morgan fingerprint density at radius 2 is 2.11 bits per heavy atom. The topological polar surface area (TPSA) is 24.5 Å². The second-order valence-electron chi connectivity index (χ2n) is 5.64. The molecule has 1 aliphatic rings. The molecule has 2 rings (SSSR count). The minimum atomic E-state index is 0.298. The van der Waals surface area contributed by atoms with Crippen LogP contribution in [-0.4, -0.2) is 44.3 Å². The van der Waals surface area contributed by atoms with Gasteiger partial charge in [-0.1, -0.05) is 30.3 Å². The zero-order valence-electron chi connectivity index (χ0n) is 12.3. The van der Waals surface area contributed by atoms with Gasteiger partial charge in [-0.3, -0.25) is 0 Å². The van der Waals surface area contributed by atoms with E-state index in [1.54, 1.807) is 7.11 Å². The molecule has 0 aromatic heterocycles. The van der Waals surface area contributed by atoms with E-state index in [2.05, 4.69) is 54.5 Å². The summed E-state index contributed by atoms with van der Waals surface area (Å²) < 4.78 is 5.37. The van der Waals surface area contributed by atoms with Crippen LogP contribution >= 0.6 is 0 Å². The van der Waals surface area contributed by atoms with Crippen LogP contribution in [0.4, 0.5) is 0 Å². The summed E-state index contributed by atoms with van der Waals surface area (Å²) in [4.78, 5) is 2.44. The molecule has 3 nitrogen and oxygen atoms in total. The van der Waals surface area contributed by atoms with Crippen LogP contribution in [0.25, 0.3) is 0 Å². The van der Waals surface area contributed by atoms with E-state index in [-0.39, 0.29) is 0 Å². The third-order valence-electron chi connectivity index (χ3n) is 4.18. The van der Waals surface area contributed by atoms with Crippen molar-refractivity contribution in [2.75, 3.05) is 27.3 Å². The highest BCUT2D eigenvalue weighted by atomic mass is 16.5. The molecule has 1 saturated heterocycles. The molecule has 1 fully saturated rings. The van der Waals surface area contributed by atoms with Gasteiger partial charge in [0.1, 0.15) is 0 Å². The number of rotatable bonds is 5. The van der Waals surface area contributed by atoms with E-state index in [0.29, 0.717) is 18.1 Å². The van der Waals surface area contributed by atoms with Crippen LogP contribution in [0.15, 0.2) is 30.3 Å². The van der Waals surface area contributed by atoms with Crippen LogP contribution in [0.2, 0.25) is 0 Å². The lowest BCUT2D eigenvalue weighted by Gasteiger charge is -2.37. The highest BCUT2D eigenvalue weighted by Crippen LogP contribution is 2.20. The summed E-state index contributed by atoms with van der Waals surface area (Å²) in [5.74, 6) is 0. The zero-order valence-corrected chi connectivity index (χ0v) is 12.3. The minimum absolute atomic E-state index is 0.298. The van der Waals surface area contributed by atoms with E-state index in [9.17, 15) is 0 Å². The van der Waals surface area contributed by atoms with E-state index in [1.165, 1.54) is 24.9 Å². The summed E-state index contributed by atoms with van der Waals surface area (Å²) in [7, 11) is 3.99. The van der Waals surface area contributed by atoms with Crippen LogP contribution in [0, 0.1) is 0 Å². The first-order chi connectivity index (χ1) is 9.20. The van der Waals surface area contributed by atoms with Crippen LogP contribution in [0.3, 0.4) is 0 Å². The lowest BCUT2D eigenvalue weighted by atomic mass is 9.97. The molecule has 0 amide bonds. The van der Waals surface area contributed by atoms with Gasteiger partial charge in [-0.05, 0) is 38.9 Å². The number of benzene rings is 1. The van der Waals surface area contributed by atoms with Gasteiger partial charge in [0.15, 0.2) is 0 Å². The standard InChI is InChI=1S/C16H26N2O/c1-13-11-15(9-10-18(13)2)17-16(12-19-3)14-7-5-4-6-8-14/h4-8,13,15-17H,9-12H2,1-3H3. The van der Waals surface area contributed by atoms with Crippen molar-refractivity contribution in [3.8, 4) is 0 Å². The Balaban J connectivity index is 1.97. The Labute approximate surface area is 116 Å². The highest BCUT2D eigenvalue weighted by molar-refractivity contribution is 5.19. The molecule has 1 aromatic carbocycles. The van der Waals surface area contributed by atoms with Gasteiger partial charge in [0.2, 0.25) is 0 Å². The Morgan fingerprint density at radius 1 is 1.37 bits per heavy atom. The molecule has 1 N–H and O–H groups in total. The number of piperidine rings is 1. The summed E-state index contributed by atoms with van der Waals surface area (Å²) in [6.07, 6.45) is 2.43. The molecule has 1 aliphatic heterocycles. The van der Waals surface area contributed by atoms with Crippen molar-refractivity contribution in [2.45, 2.75) is 37.9 Å². The minimum Gasteiger partial charge on any atom is -0.383 e. The van der Waals surface area contributed by atoms with Crippen LogP contribution in [0.1, 0.15) is 31.4 Å². The first kappa shape index (κ1) is 14.5. The molecule has 106 valence electrons. The molecule has 1 heterocycles. The quantitative estimate of drug-likeness (QED) is 0.882. The van der Waals surface area contributed by atoms with Gasteiger partial charge in [-0.2, -0.15) is 0 Å². The molecule has 0 spiro atoms. The van der Waals surface area contributed by atoms with Crippen molar-refractivity contribution >= 4 is 0 Å². The van der Waals surface area contributed by atoms with Crippen molar-refractivity contribution in [1.29, 1.82) is 0 Å². The lowest BCUT2D eigenvalue weighted by Crippen LogP contribution is -2.47. The van der Waals surface area contributed by atoms with E-state index in [0.717, 1.165) is 6.61 Å². The largest absolute Gasteiger partial charge is 0.383 e. The number of nitrogens with one attached hydrogen (secondary N) is 1. The summed E-state index contributed by atoms with van der Waals surface area (Å²) in [6.45, 7) is 4.21. The molecule has 0 radical (unpaired) electrons. The maximum Gasteiger partial charge on any atom is 0.0657 e.